The smallest absolute Gasteiger partial charge is 0.255 e. The van der Waals surface area contributed by atoms with Crippen LogP contribution in [0.5, 0.6) is 0 Å². The van der Waals surface area contributed by atoms with Crippen molar-refractivity contribution >= 4 is 84.0 Å². The summed E-state index contributed by atoms with van der Waals surface area (Å²) < 4.78 is 13.0. The van der Waals surface area contributed by atoms with Crippen LogP contribution in [-0.2, 0) is 15.2 Å². The number of amides is 1. The average molecular weight is 612 g/mol. The van der Waals surface area contributed by atoms with Gasteiger partial charge in [-0.25, -0.2) is 4.98 Å². The lowest BCUT2D eigenvalue weighted by Crippen LogP contribution is -2.16. The number of hydrogen-bond donors (Lipinski definition) is 1. The van der Waals surface area contributed by atoms with Crippen LogP contribution in [-0.4, -0.2) is 37.3 Å². The largest absolute Gasteiger partial charge is 0.377 e. The first-order chi connectivity index (χ1) is 17.0. The van der Waals surface area contributed by atoms with Crippen molar-refractivity contribution < 1.29 is 14.3 Å². The molecule has 1 saturated heterocycles. The van der Waals surface area contributed by atoms with Crippen LogP contribution in [0.15, 0.2) is 69.5 Å². The molecule has 1 N–H and O–H groups in total. The molecule has 0 bridgehead atoms. The van der Waals surface area contributed by atoms with Gasteiger partial charge in [0.1, 0.15) is 0 Å². The van der Waals surface area contributed by atoms with Gasteiger partial charge in [0.2, 0.25) is 0 Å². The highest BCUT2D eigenvalue weighted by molar-refractivity contribution is 9.10. The first-order valence-electron chi connectivity index (χ1n) is 10.7. The zero-order chi connectivity index (χ0) is 24.6. The highest BCUT2D eigenvalue weighted by Crippen LogP contribution is 2.33. The molecule has 1 aliphatic rings. The van der Waals surface area contributed by atoms with Crippen molar-refractivity contribution in [2.45, 2.75) is 10.1 Å². The molecule has 182 valence electrons. The molecule has 10 heteroatoms. The minimum Gasteiger partial charge on any atom is -0.377 e. The summed E-state index contributed by atoms with van der Waals surface area (Å²) in [7, 11) is 0. The average Bonchev–Trinajstić information content (AvgIpc) is 3.29. The van der Waals surface area contributed by atoms with Gasteiger partial charge < -0.3 is 14.8 Å². The Morgan fingerprint density at radius 3 is 2.34 bits per heavy atom. The number of carbonyl (C=O) groups is 1. The third kappa shape index (κ3) is 7.92. The van der Waals surface area contributed by atoms with Gasteiger partial charge in [0, 0.05) is 21.5 Å². The van der Waals surface area contributed by atoms with Gasteiger partial charge in [-0.15, -0.1) is 11.3 Å². The second kappa shape index (κ2) is 13.1. The molecule has 4 aromatic rings. The SMILES string of the molecule is C1COCCO1.O=C(Nc1ccc2nc(SCc3ccc(Br)cc3)sc2c1)c1ccc(Cl)c(Cl)c1. The topological polar surface area (TPSA) is 60.5 Å². The number of rotatable bonds is 5. The zero-order valence-electron chi connectivity index (χ0n) is 18.4. The quantitative estimate of drug-likeness (QED) is 0.232. The van der Waals surface area contributed by atoms with Crippen LogP contribution in [0.25, 0.3) is 10.2 Å². The third-order valence-corrected chi connectivity index (χ3v) is 8.33. The first kappa shape index (κ1) is 26.4. The minimum atomic E-state index is -0.239. The lowest BCUT2D eigenvalue weighted by Gasteiger charge is -2.09. The number of fused-ring (bicyclic) bond motifs is 1. The van der Waals surface area contributed by atoms with Gasteiger partial charge in [0.05, 0.1) is 46.7 Å². The molecule has 2 heterocycles. The summed E-state index contributed by atoms with van der Waals surface area (Å²) in [6.45, 7) is 3.11. The normalized spacial score (nSPS) is 13.2. The molecule has 5 nitrogen and oxygen atoms in total. The van der Waals surface area contributed by atoms with E-state index in [1.807, 2.05) is 30.3 Å². The van der Waals surface area contributed by atoms with Crippen molar-refractivity contribution in [3.05, 3.63) is 86.3 Å². The number of benzene rings is 3. The lowest BCUT2D eigenvalue weighted by atomic mass is 10.2. The number of nitrogens with zero attached hydrogens (tertiary/aromatic N) is 1. The van der Waals surface area contributed by atoms with Crippen LogP contribution in [0.4, 0.5) is 5.69 Å². The monoisotopic (exact) mass is 610 g/mol. The van der Waals surface area contributed by atoms with Crippen molar-refractivity contribution in [1.29, 1.82) is 0 Å². The number of nitrogens with one attached hydrogen (secondary N) is 1. The Bertz CT molecular complexity index is 1290. The van der Waals surface area contributed by atoms with Crippen molar-refractivity contribution in [2.24, 2.45) is 0 Å². The van der Waals surface area contributed by atoms with Crippen LogP contribution in [0.2, 0.25) is 10.0 Å². The molecule has 5 rings (SSSR count). The van der Waals surface area contributed by atoms with E-state index in [2.05, 4.69) is 38.4 Å². The second-order valence-electron chi connectivity index (χ2n) is 7.39. The second-order valence-corrected chi connectivity index (χ2v) is 11.4. The molecular formula is C25H21BrCl2N2O3S2. The van der Waals surface area contributed by atoms with E-state index in [-0.39, 0.29) is 5.91 Å². The Labute approximate surface area is 230 Å². The summed E-state index contributed by atoms with van der Waals surface area (Å²) in [6, 6.07) is 18.8. The number of hydrogen-bond acceptors (Lipinski definition) is 6. The maximum absolute atomic E-state index is 12.5. The first-order valence-corrected chi connectivity index (χ1v) is 14.0. The van der Waals surface area contributed by atoms with E-state index in [9.17, 15) is 4.79 Å². The standard InChI is InChI=1S/C21H13BrCl2N2OS2.C4H8O2/c22-14-4-1-12(2-5-14)11-28-21-26-18-8-6-15(10-19(18)29-21)25-20(27)13-3-7-16(23)17(24)9-13;1-2-6-4-3-5-1/h1-10H,11H2,(H,25,27);1-4H2. The van der Waals surface area contributed by atoms with E-state index < -0.39 is 0 Å². The predicted molar refractivity (Wildman–Crippen MR) is 149 cm³/mol. The molecule has 0 radical (unpaired) electrons. The third-order valence-electron chi connectivity index (χ3n) is 4.83. The molecule has 0 spiro atoms. The van der Waals surface area contributed by atoms with E-state index in [0.717, 1.165) is 51.2 Å². The maximum Gasteiger partial charge on any atom is 0.255 e. The number of ether oxygens (including phenoxy) is 2. The van der Waals surface area contributed by atoms with Gasteiger partial charge in [0.15, 0.2) is 4.34 Å². The number of thiazole rings is 1. The summed E-state index contributed by atoms with van der Waals surface area (Å²) in [5.74, 6) is 0.617. The van der Waals surface area contributed by atoms with Gasteiger partial charge in [-0.05, 0) is 54.1 Å². The molecular weight excluding hydrogens is 591 g/mol. The maximum atomic E-state index is 12.5. The van der Waals surface area contributed by atoms with Crippen LogP contribution in [0.1, 0.15) is 15.9 Å². The molecule has 0 aliphatic carbocycles. The summed E-state index contributed by atoms with van der Waals surface area (Å²) >= 11 is 18.7. The molecule has 1 amide bonds. The van der Waals surface area contributed by atoms with E-state index in [1.165, 1.54) is 5.56 Å². The van der Waals surface area contributed by atoms with Gasteiger partial charge in [-0.2, -0.15) is 0 Å². The Kier molecular flexibility index (Phi) is 9.85. The number of aromatic nitrogens is 1. The molecule has 1 aromatic heterocycles. The van der Waals surface area contributed by atoms with E-state index in [0.29, 0.717) is 21.3 Å². The van der Waals surface area contributed by atoms with Crippen molar-refractivity contribution in [3.63, 3.8) is 0 Å². The van der Waals surface area contributed by atoms with Crippen molar-refractivity contribution in [3.8, 4) is 0 Å². The minimum absolute atomic E-state index is 0.239. The Balaban J connectivity index is 0.000000421. The summed E-state index contributed by atoms with van der Waals surface area (Å²) in [6.07, 6.45) is 0. The van der Waals surface area contributed by atoms with E-state index in [1.54, 1.807) is 41.3 Å². The number of carbonyl (C=O) groups excluding carboxylic acids is 1. The molecule has 0 saturated carbocycles. The van der Waals surface area contributed by atoms with Gasteiger partial charge in [-0.3, -0.25) is 4.79 Å². The summed E-state index contributed by atoms with van der Waals surface area (Å²) in [5.41, 5.74) is 3.32. The molecule has 1 fully saturated rings. The van der Waals surface area contributed by atoms with Gasteiger partial charge in [0.25, 0.3) is 5.91 Å². The fourth-order valence-electron chi connectivity index (χ4n) is 3.05. The number of halogens is 3. The van der Waals surface area contributed by atoms with Crippen LogP contribution < -0.4 is 5.32 Å². The fourth-order valence-corrected chi connectivity index (χ4v) is 5.68. The van der Waals surface area contributed by atoms with Crippen LogP contribution in [0.3, 0.4) is 0 Å². The molecule has 1 aliphatic heterocycles. The lowest BCUT2D eigenvalue weighted by molar-refractivity contribution is -0.0334. The molecule has 35 heavy (non-hydrogen) atoms. The number of thioether (sulfide) groups is 1. The van der Waals surface area contributed by atoms with Crippen LogP contribution >= 0.6 is 62.2 Å². The predicted octanol–water partition coefficient (Wildman–Crippen LogP) is 7.94. The Hall–Kier alpha value is -1.65. The summed E-state index contributed by atoms with van der Waals surface area (Å²) in [5, 5.41) is 3.67. The van der Waals surface area contributed by atoms with Crippen molar-refractivity contribution in [1.82, 2.24) is 4.98 Å². The highest BCUT2D eigenvalue weighted by atomic mass is 79.9. The Morgan fingerprint density at radius 1 is 0.971 bits per heavy atom. The summed E-state index contributed by atoms with van der Waals surface area (Å²) in [4.78, 5) is 17.1. The van der Waals surface area contributed by atoms with E-state index >= 15 is 0 Å². The zero-order valence-corrected chi connectivity index (χ0v) is 23.2. The fraction of sp³-hybridized carbons (Fsp3) is 0.200. The van der Waals surface area contributed by atoms with E-state index in [4.69, 9.17) is 32.7 Å². The molecule has 0 atom stereocenters. The molecule has 3 aromatic carbocycles. The molecule has 0 unspecified atom stereocenters. The van der Waals surface area contributed by atoms with Crippen molar-refractivity contribution in [2.75, 3.05) is 31.7 Å². The number of anilines is 1. The van der Waals surface area contributed by atoms with Gasteiger partial charge >= 0.3 is 0 Å². The van der Waals surface area contributed by atoms with Gasteiger partial charge in [-0.1, -0.05) is 63.0 Å². The highest BCUT2D eigenvalue weighted by Gasteiger charge is 2.11. The van der Waals surface area contributed by atoms with Crippen LogP contribution in [0, 0.1) is 0 Å². The Morgan fingerprint density at radius 2 is 1.69 bits per heavy atom.